The third-order valence-corrected chi connectivity index (χ3v) is 4.74. The molecule has 1 heterocycles. The van der Waals surface area contributed by atoms with Crippen LogP contribution >= 0.6 is 15.9 Å². The minimum Gasteiger partial charge on any atom is -0.398 e. The Morgan fingerprint density at radius 2 is 2.15 bits per heavy atom. The molecule has 0 atom stereocenters. The highest BCUT2D eigenvalue weighted by atomic mass is 79.9. The number of aryl methyl sites for hydroxylation is 1. The van der Waals surface area contributed by atoms with Gasteiger partial charge in [-0.05, 0) is 40.5 Å². The number of nitrogens with two attached hydrogens (primary N) is 1. The average molecular weight is 359 g/mol. The van der Waals surface area contributed by atoms with Crippen molar-refractivity contribution in [3.05, 3.63) is 34.4 Å². The van der Waals surface area contributed by atoms with E-state index >= 15 is 0 Å². The number of sulfonamides is 1. The van der Waals surface area contributed by atoms with Crippen LogP contribution in [0.3, 0.4) is 0 Å². The van der Waals surface area contributed by atoms with Crippen molar-refractivity contribution in [1.82, 2.24) is 10.2 Å². The number of nitrogens with one attached hydrogen (secondary N) is 2. The number of hydrogen-bond acceptors (Lipinski definition) is 4. The number of nitrogen functional groups attached to an aromatic ring is 1. The molecule has 108 valence electrons. The van der Waals surface area contributed by atoms with Gasteiger partial charge in [0.2, 0.25) is 0 Å². The lowest BCUT2D eigenvalue weighted by atomic mass is 10.2. The summed E-state index contributed by atoms with van der Waals surface area (Å²) in [5, 5.41) is 6.72. The van der Waals surface area contributed by atoms with Gasteiger partial charge < -0.3 is 5.73 Å². The molecule has 0 aliphatic carbocycles. The first-order valence-electron chi connectivity index (χ1n) is 6.04. The van der Waals surface area contributed by atoms with Crippen molar-refractivity contribution in [2.45, 2.75) is 24.7 Å². The molecule has 2 rings (SSSR count). The molecule has 1 aromatic heterocycles. The molecule has 0 bridgehead atoms. The normalized spacial score (nSPS) is 11.5. The summed E-state index contributed by atoms with van der Waals surface area (Å²) in [5.41, 5.74) is 6.95. The summed E-state index contributed by atoms with van der Waals surface area (Å²) >= 11 is 3.23. The lowest BCUT2D eigenvalue weighted by Crippen LogP contribution is -2.13. The summed E-state index contributed by atoms with van der Waals surface area (Å²) in [6, 6.07) is 6.15. The number of benzene rings is 1. The van der Waals surface area contributed by atoms with Crippen molar-refractivity contribution in [2.24, 2.45) is 0 Å². The fraction of sp³-hybridized carbons (Fsp3) is 0.250. The molecule has 0 amide bonds. The zero-order valence-corrected chi connectivity index (χ0v) is 13.3. The predicted octanol–water partition coefficient (Wildman–Crippen LogP) is 2.51. The van der Waals surface area contributed by atoms with Crippen LogP contribution in [0.1, 0.15) is 19.0 Å². The Balaban J connectivity index is 2.23. The molecule has 0 saturated carbocycles. The molecule has 6 nitrogen and oxygen atoms in total. The van der Waals surface area contributed by atoms with E-state index in [1.165, 1.54) is 12.1 Å². The van der Waals surface area contributed by atoms with Crippen molar-refractivity contribution in [2.75, 3.05) is 10.5 Å². The zero-order chi connectivity index (χ0) is 14.8. The quantitative estimate of drug-likeness (QED) is 0.714. The van der Waals surface area contributed by atoms with Gasteiger partial charge in [0.1, 0.15) is 0 Å². The first-order chi connectivity index (χ1) is 9.42. The lowest BCUT2D eigenvalue weighted by molar-refractivity contribution is 0.601. The Bertz CT molecular complexity index is 712. The zero-order valence-electron chi connectivity index (χ0n) is 10.9. The number of halogens is 1. The summed E-state index contributed by atoms with van der Waals surface area (Å²) in [7, 11) is -3.69. The number of anilines is 2. The van der Waals surface area contributed by atoms with Crippen molar-refractivity contribution in [3.63, 3.8) is 0 Å². The molecule has 2 aromatic rings. The maximum Gasteiger partial charge on any atom is 0.263 e. The van der Waals surface area contributed by atoms with Crippen LogP contribution in [0.15, 0.2) is 33.6 Å². The SMILES string of the molecule is CCCc1cc(NS(=O)(=O)c2ccc(Br)c(N)c2)n[nH]1. The van der Waals surface area contributed by atoms with Crippen LogP contribution in [-0.4, -0.2) is 18.6 Å². The second-order valence-electron chi connectivity index (χ2n) is 4.32. The fourth-order valence-corrected chi connectivity index (χ4v) is 2.97. The van der Waals surface area contributed by atoms with Crippen molar-refractivity contribution in [3.8, 4) is 0 Å². The summed E-state index contributed by atoms with van der Waals surface area (Å²) in [6.45, 7) is 2.04. The van der Waals surface area contributed by atoms with Crippen molar-refractivity contribution < 1.29 is 8.42 Å². The van der Waals surface area contributed by atoms with Crippen LogP contribution in [-0.2, 0) is 16.4 Å². The monoisotopic (exact) mass is 358 g/mol. The number of aromatic nitrogens is 2. The molecule has 8 heteroatoms. The van der Waals surface area contributed by atoms with Gasteiger partial charge in [-0.2, -0.15) is 5.10 Å². The molecule has 20 heavy (non-hydrogen) atoms. The molecule has 1 aromatic carbocycles. The van der Waals surface area contributed by atoms with Gasteiger partial charge in [0.15, 0.2) is 5.82 Å². The standard InChI is InChI=1S/C12H15BrN4O2S/c1-2-3-8-6-12(16-15-8)17-20(18,19)9-4-5-10(13)11(14)7-9/h4-7H,2-3,14H2,1H3,(H2,15,16,17). The molecule has 0 saturated heterocycles. The molecular weight excluding hydrogens is 344 g/mol. The number of rotatable bonds is 5. The van der Waals surface area contributed by atoms with Crippen LogP contribution in [0.4, 0.5) is 11.5 Å². The van der Waals surface area contributed by atoms with E-state index < -0.39 is 10.0 Å². The first kappa shape index (κ1) is 14.9. The van der Waals surface area contributed by atoms with Gasteiger partial charge in [0.25, 0.3) is 10.0 Å². The van der Waals surface area contributed by atoms with E-state index in [-0.39, 0.29) is 10.7 Å². The maximum atomic E-state index is 12.2. The predicted molar refractivity (Wildman–Crippen MR) is 81.9 cm³/mol. The summed E-state index contributed by atoms with van der Waals surface area (Å²) in [5.74, 6) is 0.273. The van der Waals surface area contributed by atoms with Crippen molar-refractivity contribution in [1.29, 1.82) is 0 Å². The minimum atomic E-state index is -3.69. The van der Waals surface area contributed by atoms with Gasteiger partial charge in [-0.15, -0.1) is 0 Å². The number of nitrogens with zero attached hydrogens (tertiary/aromatic N) is 1. The molecule has 0 radical (unpaired) electrons. The molecule has 0 unspecified atom stereocenters. The lowest BCUT2D eigenvalue weighted by Gasteiger charge is -2.06. The summed E-state index contributed by atoms with van der Waals surface area (Å²) in [6.07, 6.45) is 1.78. The third-order valence-electron chi connectivity index (χ3n) is 2.67. The minimum absolute atomic E-state index is 0.0956. The summed E-state index contributed by atoms with van der Waals surface area (Å²) in [4.78, 5) is 0.0956. The van der Waals surface area contributed by atoms with E-state index in [0.717, 1.165) is 18.5 Å². The van der Waals surface area contributed by atoms with Crippen LogP contribution in [0.2, 0.25) is 0 Å². The van der Waals surface area contributed by atoms with Crippen LogP contribution < -0.4 is 10.5 Å². The van der Waals surface area contributed by atoms with Crippen LogP contribution in [0.25, 0.3) is 0 Å². The Morgan fingerprint density at radius 3 is 2.80 bits per heavy atom. The van der Waals surface area contributed by atoms with E-state index in [1.807, 2.05) is 6.92 Å². The van der Waals surface area contributed by atoms with Gasteiger partial charge in [0, 0.05) is 21.9 Å². The van der Waals surface area contributed by atoms with Crippen LogP contribution in [0, 0.1) is 0 Å². The first-order valence-corrected chi connectivity index (χ1v) is 8.32. The fourth-order valence-electron chi connectivity index (χ4n) is 1.70. The third kappa shape index (κ3) is 3.31. The maximum absolute atomic E-state index is 12.2. The van der Waals surface area contributed by atoms with E-state index in [0.29, 0.717) is 10.2 Å². The molecule has 0 fully saturated rings. The Hall–Kier alpha value is -1.54. The van der Waals surface area contributed by atoms with E-state index in [4.69, 9.17) is 5.73 Å². The Labute approximate surface area is 125 Å². The second-order valence-corrected chi connectivity index (χ2v) is 6.85. The van der Waals surface area contributed by atoms with E-state index in [9.17, 15) is 8.42 Å². The van der Waals surface area contributed by atoms with Crippen LogP contribution in [0.5, 0.6) is 0 Å². The Kier molecular flexibility index (Phi) is 4.34. The molecule has 0 aliphatic heterocycles. The largest absolute Gasteiger partial charge is 0.398 e. The van der Waals surface area contributed by atoms with E-state index in [1.54, 1.807) is 12.1 Å². The molecule has 0 spiro atoms. The Morgan fingerprint density at radius 1 is 1.40 bits per heavy atom. The number of H-pyrrole nitrogens is 1. The highest BCUT2D eigenvalue weighted by Gasteiger charge is 2.16. The molecule has 0 aliphatic rings. The number of hydrogen-bond donors (Lipinski definition) is 3. The van der Waals surface area contributed by atoms with Gasteiger partial charge >= 0.3 is 0 Å². The van der Waals surface area contributed by atoms with Gasteiger partial charge in [0.05, 0.1) is 4.90 Å². The highest BCUT2D eigenvalue weighted by molar-refractivity contribution is 9.10. The smallest absolute Gasteiger partial charge is 0.263 e. The number of aromatic amines is 1. The highest BCUT2D eigenvalue weighted by Crippen LogP contribution is 2.24. The van der Waals surface area contributed by atoms with Gasteiger partial charge in [-0.25, -0.2) is 8.42 Å². The van der Waals surface area contributed by atoms with Gasteiger partial charge in [-0.3, -0.25) is 9.82 Å². The topological polar surface area (TPSA) is 101 Å². The summed E-state index contributed by atoms with van der Waals surface area (Å²) < 4.78 is 27.5. The second kappa shape index (κ2) is 5.84. The molecular formula is C12H15BrN4O2S. The van der Waals surface area contributed by atoms with Gasteiger partial charge in [-0.1, -0.05) is 13.3 Å². The molecule has 4 N–H and O–H groups in total. The van der Waals surface area contributed by atoms with Crippen molar-refractivity contribution >= 4 is 37.5 Å². The average Bonchev–Trinajstić information content (AvgIpc) is 2.79. The van der Waals surface area contributed by atoms with E-state index in [2.05, 4.69) is 30.8 Å².